The van der Waals surface area contributed by atoms with Crippen molar-refractivity contribution in [3.05, 3.63) is 76.9 Å². The molecule has 194 valence electrons. The second kappa shape index (κ2) is 12.1. The number of hydrogen-bond acceptors (Lipinski definition) is 5. The van der Waals surface area contributed by atoms with Crippen molar-refractivity contribution >= 4 is 22.9 Å². The maximum absolute atomic E-state index is 13.3. The number of rotatable bonds is 12. The maximum atomic E-state index is 13.3. The normalized spacial score (nSPS) is 12.4. The van der Waals surface area contributed by atoms with Crippen LogP contribution in [0.15, 0.2) is 54.6 Å². The fraction of sp³-hybridized carbons (Fsp3) is 0.375. The van der Waals surface area contributed by atoms with E-state index in [1.807, 2.05) is 12.1 Å². The van der Waals surface area contributed by atoms with E-state index in [4.69, 9.17) is 5.73 Å². The number of ketones is 2. The van der Waals surface area contributed by atoms with Crippen LogP contribution in [0, 0.1) is 0 Å². The monoisotopic (exact) mass is 498 g/mol. The van der Waals surface area contributed by atoms with Crippen molar-refractivity contribution in [2.24, 2.45) is 0 Å². The molecule has 0 aromatic heterocycles. The van der Waals surface area contributed by atoms with Gasteiger partial charge in [-0.1, -0.05) is 88.3 Å². The minimum absolute atomic E-state index is 0.0101. The summed E-state index contributed by atoms with van der Waals surface area (Å²) in [5.74, 6) is -0.934. The molecule has 0 aliphatic heterocycles. The molecule has 0 bridgehead atoms. The zero-order valence-electron chi connectivity index (χ0n) is 22.1. The third-order valence-electron chi connectivity index (χ3n) is 7.42. The Labute approximate surface area is 220 Å². The number of anilines is 2. The Kier molecular flexibility index (Phi) is 8.65. The smallest absolute Gasteiger partial charge is 0.198 e. The molecule has 0 spiro atoms. The van der Waals surface area contributed by atoms with Crippen LogP contribution in [-0.2, 0) is 0 Å². The quantitative estimate of drug-likeness (QED) is 0.121. The van der Waals surface area contributed by atoms with Crippen LogP contribution in [0.4, 0.5) is 11.4 Å². The van der Waals surface area contributed by atoms with Gasteiger partial charge in [-0.2, -0.15) is 0 Å². The van der Waals surface area contributed by atoms with E-state index in [1.54, 1.807) is 24.3 Å². The van der Waals surface area contributed by atoms with Gasteiger partial charge in [-0.25, -0.2) is 0 Å². The van der Waals surface area contributed by atoms with Gasteiger partial charge in [0.05, 0.1) is 16.8 Å². The second-order valence-corrected chi connectivity index (χ2v) is 9.91. The van der Waals surface area contributed by atoms with Crippen LogP contribution in [-0.4, -0.2) is 29.8 Å². The Balaban J connectivity index is 1.49. The largest absolute Gasteiger partial charge is 0.507 e. The zero-order chi connectivity index (χ0) is 26.4. The van der Waals surface area contributed by atoms with E-state index in [0.29, 0.717) is 16.7 Å². The van der Waals surface area contributed by atoms with E-state index in [0.717, 1.165) is 24.3 Å². The van der Waals surface area contributed by atoms with E-state index in [-0.39, 0.29) is 34.1 Å². The maximum Gasteiger partial charge on any atom is 0.198 e. The summed E-state index contributed by atoms with van der Waals surface area (Å²) in [6.45, 7) is 6.36. The predicted molar refractivity (Wildman–Crippen MR) is 152 cm³/mol. The van der Waals surface area contributed by atoms with Crippen LogP contribution in [0.5, 0.6) is 5.75 Å². The molecule has 4 rings (SSSR count). The molecule has 37 heavy (non-hydrogen) atoms. The molecule has 0 amide bonds. The van der Waals surface area contributed by atoms with Gasteiger partial charge in [-0.3, -0.25) is 9.59 Å². The van der Waals surface area contributed by atoms with E-state index in [1.165, 1.54) is 57.4 Å². The number of benzene rings is 3. The Morgan fingerprint density at radius 3 is 1.89 bits per heavy atom. The van der Waals surface area contributed by atoms with Crippen LogP contribution in [0.3, 0.4) is 0 Å². The van der Waals surface area contributed by atoms with Crippen molar-refractivity contribution in [3.8, 4) is 16.9 Å². The highest BCUT2D eigenvalue weighted by Crippen LogP contribution is 2.41. The third kappa shape index (κ3) is 5.56. The number of phenols is 1. The fourth-order valence-corrected chi connectivity index (χ4v) is 5.30. The molecule has 3 aromatic rings. The first kappa shape index (κ1) is 26.5. The van der Waals surface area contributed by atoms with Crippen LogP contribution in [0.25, 0.3) is 11.1 Å². The van der Waals surface area contributed by atoms with Crippen molar-refractivity contribution in [1.29, 1.82) is 0 Å². The number of nitrogens with zero attached hydrogens (tertiary/aromatic N) is 1. The molecular weight excluding hydrogens is 460 g/mol. The lowest BCUT2D eigenvalue weighted by molar-refractivity contribution is 0.0977. The first-order chi connectivity index (χ1) is 18.0. The summed E-state index contributed by atoms with van der Waals surface area (Å²) in [6, 6.07) is 16.2. The molecule has 0 atom stereocenters. The summed E-state index contributed by atoms with van der Waals surface area (Å²) in [7, 11) is 0. The number of carbonyl (C=O) groups excluding carboxylic acids is 2. The lowest BCUT2D eigenvalue weighted by Crippen LogP contribution is -2.23. The van der Waals surface area contributed by atoms with E-state index >= 15 is 0 Å². The lowest BCUT2D eigenvalue weighted by Gasteiger charge is -2.24. The van der Waals surface area contributed by atoms with Gasteiger partial charge in [0.15, 0.2) is 11.6 Å². The number of aromatic hydroxyl groups is 1. The number of nitrogens with two attached hydrogens (primary N) is 1. The third-order valence-corrected chi connectivity index (χ3v) is 7.42. The molecule has 5 nitrogen and oxygen atoms in total. The molecule has 0 saturated heterocycles. The van der Waals surface area contributed by atoms with E-state index in [9.17, 15) is 14.7 Å². The molecule has 1 aliphatic carbocycles. The highest BCUT2D eigenvalue weighted by Gasteiger charge is 2.34. The average Bonchev–Trinajstić information content (AvgIpc) is 2.92. The first-order valence-corrected chi connectivity index (χ1v) is 13.7. The predicted octanol–water partition coefficient (Wildman–Crippen LogP) is 7.38. The topological polar surface area (TPSA) is 83.6 Å². The summed E-state index contributed by atoms with van der Waals surface area (Å²) >= 11 is 0. The number of carbonyl (C=O) groups is 2. The summed E-state index contributed by atoms with van der Waals surface area (Å²) in [6.07, 6.45) is 10.4. The van der Waals surface area contributed by atoms with Gasteiger partial charge in [0, 0.05) is 35.5 Å². The Hall–Kier alpha value is -3.60. The van der Waals surface area contributed by atoms with Gasteiger partial charge in [-0.15, -0.1) is 0 Å². The molecule has 0 heterocycles. The number of fused-ring (bicyclic) bond motifs is 2. The Morgan fingerprint density at radius 1 is 0.730 bits per heavy atom. The summed E-state index contributed by atoms with van der Waals surface area (Å²) in [4.78, 5) is 28.7. The number of hydrogen-bond donors (Lipinski definition) is 2. The average molecular weight is 499 g/mol. The van der Waals surface area contributed by atoms with Crippen molar-refractivity contribution in [2.75, 3.05) is 23.7 Å². The second-order valence-electron chi connectivity index (χ2n) is 9.91. The van der Waals surface area contributed by atoms with Crippen LogP contribution in [0.2, 0.25) is 0 Å². The van der Waals surface area contributed by atoms with Gasteiger partial charge in [0.2, 0.25) is 0 Å². The zero-order valence-corrected chi connectivity index (χ0v) is 22.1. The van der Waals surface area contributed by atoms with Crippen molar-refractivity contribution < 1.29 is 14.7 Å². The van der Waals surface area contributed by atoms with E-state index < -0.39 is 0 Å². The molecule has 0 radical (unpaired) electrons. The molecule has 3 N–H and O–H groups in total. The Bertz CT molecular complexity index is 1260. The van der Waals surface area contributed by atoms with Crippen molar-refractivity contribution in [2.45, 2.75) is 65.2 Å². The van der Waals surface area contributed by atoms with Gasteiger partial charge in [0.1, 0.15) is 5.75 Å². The van der Waals surface area contributed by atoms with Gasteiger partial charge < -0.3 is 15.7 Å². The molecule has 0 fully saturated rings. The minimum Gasteiger partial charge on any atom is -0.507 e. The molecule has 5 heteroatoms. The fourth-order valence-electron chi connectivity index (χ4n) is 5.30. The highest BCUT2D eigenvalue weighted by molar-refractivity contribution is 6.31. The minimum atomic E-state index is -0.379. The van der Waals surface area contributed by atoms with Gasteiger partial charge in [-0.05, 0) is 37.1 Å². The van der Waals surface area contributed by atoms with Crippen LogP contribution in [0.1, 0.15) is 97.1 Å². The molecule has 0 unspecified atom stereocenters. The van der Waals surface area contributed by atoms with Gasteiger partial charge >= 0.3 is 0 Å². The molecule has 3 aromatic carbocycles. The van der Waals surface area contributed by atoms with Crippen molar-refractivity contribution in [3.63, 3.8) is 0 Å². The standard InChI is InChI=1S/C32H38N2O3/c1-3-5-6-7-8-9-10-13-20-34(4-2)23-18-16-22(17-19-23)26-21-27(35)28-29(30(26)33)32(37)25-15-12-11-14-24(25)31(28)36/h11-12,14-19,21,35H,3-10,13,20,33H2,1-2H3. The highest BCUT2D eigenvalue weighted by atomic mass is 16.3. The number of phenolic OH excluding ortho intramolecular Hbond substituents is 1. The number of unbranched alkanes of at least 4 members (excludes halogenated alkanes) is 7. The molecular formula is C32H38N2O3. The number of nitrogen functional groups attached to an aromatic ring is 1. The SMILES string of the molecule is CCCCCCCCCCN(CC)c1ccc(-c2cc(O)c3c(c2N)C(=O)c2ccccc2C3=O)cc1. The summed E-state index contributed by atoms with van der Waals surface area (Å²) < 4.78 is 0. The Morgan fingerprint density at radius 2 is 1.30 bits per heavy atom. The van der Waals surface area contributed by atoms with E-state index in [2.05, 4.69) is 30.9 Å². The first-order valence-electron chi connectivity index (χ1n) is 13.7. The lowest BCUT2D eigenvalue weighted by atomic mass is 9.81. The summed E-state index contributed by atoms with van der Waals surface area (Å²) in [5.41, 5.74) is 9.87. The molecule has 0 saturated carbocycles. The molecule has 1 aliphatic rings. The summed E-state index contributed by atoms with van der Waals surface area (Å²) in [5, 5.41) is 10.8. The van der Waals surface area contributed by atoms with Crippen molar-refractivity contribution in [1.82, 2.24) is 0 Å². The van der Waals surface area contributed by atoms with Crippen LogP contribution < -0.4 is 10.6 Å². The van der Waals surface area contributed by atoms with Crippen LogP contribution >= 0.6 is 0 Å². The van der Waals surface area contributed by atoms with Gasteiger partial charge in [0.25, 0.3) is 0 Å².